The van der Waals surface area contributed by atoms with Gasteiger partial charge in [-0.2, -0.15) is 0 Å². The van der Waals surface area contributed by atoms with E-state index in [4.69, 9.17) is 4.74 Å². The van der Waals surface area contributed by atoms with E-state index >= 15 is 0 Å². The third-order valence-corrected chi connectivity index (χ3v) is 7.07. The van der Waals surface area contributed by atoms with Gasteiger partial charge in [0.2, 0.25) is 0 Å². The molecule has 2 heterocycles. The molecule has 7 heteroatoms. The Morgan fingerprint density at radius 1 is 1.27 bits per heavy atom. The molecular formula is C23H27N3O3S. The number of hydrogen-bond acceptors (Lipinski definition) is 4. The molecule has 1 atom stereocenters. The SMILES string of the molecule is COc1ccc2c(c1)[C@@]1(SCCN1C(=O)NC(C)C)C(=O)N2Cc1ccccc1C. The highest BCUT2D eigenvalue weighted by molar-refractivity contribution is 8.01. The van der Waals surface area contributed by atoms with Gasteiger partial charge in [-0.1, -0.05) is 24.3 Å². The van der Waals surface area contributed by atoms with E-state index in [0.29, 0.717) is 24.6 Å². The van der Waals surface area contributed by atoms with Crippen LogP contribution >= 0.6 is 11.8 Å². The topological polar surface area (TPSA) is 61.9 Å². The van der Waals surface area contributed by atoms with Gasteiger partial charge in [-0.05, 0) is 50.1 Å². The summed E-state index contributed by atoms with van der Waals surface area (Å²) in [6.45, 7) is 6.88. The second-order valence-electron chi connectivity index (χ2n) is 7.95. The first-order valence-corrected chi connectivity index (χ1v) is 11.1. The molecule has 1 N–H and O–H groups in total. The molecular weight excluding hydrogens is 398 g/mol. The Morgan fingerprint density at radius 3 is 2.73 bits per heavy atom. The fourth-order valence-corrected chi connectivity index (χ4v) is 5.61. The smallest absolute Gasteiger partial charge is 0.319 e. The zero-order valence-corrected chi connectivity index (χ0v) is 18.6. The lowest BCUT2D eigenvalue weighted by Gasteiger charge is -2.33. The Hall–Kier alpha value is -2.67. The molecule has 0 saturated carbocycles. The van der Waals surface area contributed by atoms with Crippen LogP contribution in [0.25, 0.3) is 0 Å². The number of aryl methyl sites for hydroxylation is 1. The van der Waals surface area contributed by atoms with Crippen molar-refractivity contribution in [1.82, 2.24) is 10.2 Å². The first-order chi connectivity index (χ1) is 14.4. The highest BCUT2D eigenvalue weighted by Gasteiger charge is 2.59. The lowest BCUT2D eigenvalue weighted by atomic mass is 10.1. The van der Waals surface area contributed by atoms with Crippen LogP contribution < -0.4 is 15.0 Å². The van der Waals surface area contributed by atoms with Crippen LogP contribution in [-0.2, 0) is 16.2 Å². The summed E-state index contributed by atoms with van der Waals surface area (Å²) in [6, 6.07) is 13.5. The van der Waals surface area contributed by atoms with Crippen LogP contribution in [0.5, 0.6) is 5.75 Å². The van der Waals surface area contributed by atoms with E-state index in [2.05, 4.69) is 5.32 Å². The van der Waals surface area contributed by atoms with Crippen molar-refractivity contribution in [3.05, 3.63) is 59.2 Å². The minimum Gasteiger partial charge on any atom is -0.497 e. The van der Waals surface area contributed by atoms with Gasteiger partial charge in [-0.3, -0.25) is 9.69 Å². The maximum Gasteiger partial charge on any atom is 0.319 e. The molecule has 3 amide bonds. The standard InChI is InChI=1S/C23H27N3O3S/c1-15(2)24-22(28)26-11-12-30-23(26)19-13-18(29-4)9-10-20(19)25(21(23)27)14-17-8-6-5-7-16(17)3/h5-10,13,15H,11-12,14H2,1-4H3,(H,24,28)/t23-/m1/s1. The normalized spacial score (nSPS) is 20.2. The lowest BCUT2D eigenvalue weighted by Crippen LogP contribution is -2.54. The summed E-state index contributed by atoms with van der Waals surface area (Å²) < 4.78 is 5.45. The van der Waals surface area contributed by atoms with Crippen LogP contribution in [0.15, 0.2) is 42.5 Å². The number of methoxy groups -OCH3 is 1. The van der Waals surface area contributed by atoms with E-state index in [9.17, 15) is 9.59 Å². The third-order valence-electron chi connectivity index (χ3n) is 5.65. The van der Waals surface area contributed by atoms with Crippen LogP contribution in [0.1, 0.15) is 30.5 Å². The van der Waals surface area contributed by atoms with Crippen LogP contribution in [0, 0.1) is 6.92 Å². The van der Waals surface area contributed by atoms with Crippen molar-refractivity contribution in [3.8, 4) is 5.75 Å². The van der Waals surface area contributed by atoms with Crippen molar-refractivity contribution in [1.29, 1.82) is 0 Å². The van der Waals surface area contributed by atoms with Crippen LogP contribution in [0.2, 0.25) is 0 Å². The first-order valence-electron chi connectivity index (χ1n) is 10.2. The lowest BCUT2D eigenvalue weighted by molar-refractivity contribution is -0.123. The van der Waals surface area contributed by atoms with Crippen LogP contribution in [0.4, 0.5) is 10.5 Å². The Labute approximate surface area is 181 Å². The molecule has 1 saturated heterocycles. The number of thioether (sulfide) groups is 1. The average Bonchev–Trinajstić information content (AvgIpc) is 3.26. The molecule has 1 fully saturated rings. The van der Waals surface area contributed by atoms with Gasteiger partial charge in [0.05, 0.1) is 19.3 Å². The van der Waals surface area contributed by atoms with E-state index in [-0.39, 0.29) is 18.0 Å². The number of anilines is 1. The molecule has 158 valence electrons. The zero-order valence-electron chi connectivity index (χ0n) is 17.8. The van der Waals surface area contributed by atoms with Crippen molar-refractivity contribution in [2.75, 3.05) is 24.3 Å². The molecule has 2 aromatic carbocycles. The van der Waals surface area contributed by atoms with E-state index in [1.54, 1.807) is 12.0 Å². The Kier molecular flexibility index (Phi) is 5.40. The van der Waals surface area contributed by atoms with Gasteiger partial charge >= 0.3 is 6.03 Å². The summed E-state index contributed by atoms with van der Waals surface area (Å²) in [4.78, 5) is 29.4. The molecule has 0 unspecified atom stereocenters. The number of nitrogens with zero attached hydrogens (tertiary/aromatic N) is 2. The molecule has 4 rings (SSSR count). The number of carbonyl (C=O) groups is 2. The number of fused-ring (bicyclic) bond motifs is 2. The molecule has 2 aromatic rings. The number of benzene rings is 2. The van der Waals surface area contributed by atoms with E-state index in [1.807, 2.05) is 68.1 Å². The highest BCUT2D eigenvalue weighted by atomic mass is 32.2. The molecule has 30 heavy (non-hydrogen) atoms. The Bertz CT molecular complexity index is 993. The predicted molar refractivity (Wildman–Crippen MR) is 120 cm³/mol. The second kappa shape index (κ2) is 7.87. The van der Waals surface area contributed by atoms with E-state index in [0.717, 1.165) is 22.4 Å². The quantitative estimate of drug-likeness (QED) is 0.808. The first kappa shape index (κ1) is 20.6. The monoisotopic (exact) mass is 425 g/mol. The van der Waals surface area contributed by atoms with Gasteiger partial charge in [0.15, 0.2) is 4.87 Å². The summed E-state index contributed by atoms with van der Waals surface area (Å²) in [5.74, 6) is 1.30. The maximum atomic E-state index is 13.9. The largest absolute Gasteiger partial charge is 0.497 e. The minimum absolute atomic E-state index is 0.00972. The molecule has 2 aliphatic heterocycles. The van der Waals surface area contributed by atoms with E-state index in [1.165, 1.54) is 11.8 Å². The molecule has 1 spiro atoms. The zero-order chi connectivity index (χ0) is 21.5. The predicted octanol–water partition coefficient (Wildman–Crippen LogP) is 3.87. The maximum absolute atomic E-state index is 13.9. The van der Waals surface area contributed by atoms with Gasteiger partial charge in [0.1, 0.15) is 5.75 Å². The summed E-state index contributed by atoms with van der Waals surface area (Å²) in [6.07, 6.45) is 0. The third kappa shape index (κ3) is 3.21. The van der Waals surface area contributed by atoms with Crippen LogP contribution in [-0.4, -0.2) is 42.3 Å². The van der Waals surface area contributed by atoms with Crippen molar-refractivity contribution < 1.29 is 14.3 Å². The molecule has 2 aliphatic rings. The van der Waals surface area contributed by atoms with Gasteiger partial charge in [0, 0.05) is 23.9 Å². The molecule has 0 aliphatic carbocycles. The van der Waals surface area contributed by atoms with Gasteiger partial charge < -0.3 is 15.0 Å². The number of rotatable bonds is 4. The molecule has 0 radical (unpaired) electrons. The second-order valence-corrected chi connectivity index (χ2v) is 9.24. The van der Waals surface area contributed by atoms with Gasteiger partial charge in [-0.25, -0.2) is 4.79 Å². The molecule has 0 aromatic heterocycles. The fourth-order valence-electron chi connectivity index (χ4n) is 4.16. The summed E-state index contributed by atoms with van der Waals surface area (Å²) in [7, 11) is 1.61. The van der Waals surface area contributed by atoms with Gasteiger partial charge in [0.25, 0.3) is 5.91 Å². The number of ether oxygens (including phenoxy) is 1. The van der Waals surface area contributed by atoms with Crippen molar-refractivity contribution in [2.24, 2.45) is 0 Å². The Balaban J connectivity index is 1.81. The Morgan fingerprint density at radius 2 is 2.03 bits per heavy atom. The van der Waals surface area contributed by atoms with Crippen molar-refractivity contribution in [2.45, 2.75) is 38.2 Å². The van der Waals surface area contributed by atoms with Crippen molar-refractivity contribution >= 4 is 29.4 Å². The van der Waals surface area contributed by atoms with E-state index < -0.39 is 4.87 Å². The van der Waals surface area contributed by atoms with Crippen molar-refractivity contribution in [3.63, 3.8) is 0 Å². The fraction of sp³-hybridized carbons (Fsp3) is 0.391. The number of nitrogens with one attached hydrogen (secondary N) is 1. The number of urea groups is 1. The summed E-state index contributed by atoms with van der Waals surface area (Å²) in [5.41, 5.74) is 3.88. The number of amides is 3. The molecule has 0 bridgehead atoms. The summed E-state index contributed by atoms with van der Waals surface area (Å²) in [5, 5.41) is 2.96. The summed E-state index contributed by atoms with van der Waals surface area (Å²) >= 11 is 1.52. The van der Waals surface area contributed by atoms with Gasteiger partial charge in [-0.15, -0.1) is 11.8 Å². The number of carbonyl (C=O) groups excluding carboxylic acids is 2. The minimum atomic E-state index is -1.06. The molecule has 6 nitrogen and oxygen atoms in total. The average molecular weight is 426 g/mol. The van der Waals surface area contributed by atoms with Crippen LogP contribution in [0.3, 0.4) is 0 Å². The highest BCUT2D eigenvalue weighted by Crippen LogP contribution is 2.55. The number of hydrogen-bond donors (Lipinski definition) is 1.